The van der Waals surface area contributed by atoms with Crippen LogP contribution in [0.1, 0.15) is 23.7 Å². The van der Waals surface area contributed by atoms with E-state index in [2.05, 4.69) is 6.92 Å². The maximum Gasteiger partial charge on any atom is 0.335 e. The first-order chi connectivity index (χ1) is 9.16. The molecule has 1 fully saturated rings. The maximum absolute atomic E-state index is 10.7. The van der Waals surface area contributed by atoms with Gasteiger partial charge in [-0.1, -0.05) is 0 Å². The number of carboxylic acids is 1. The minimum Gasteiger partial charge on any atom is -0.493 e. The van der Waals surface area contributed by atoms with Gasteiger partial charge in [0.1, 0.15) is 5.75 Å². The van der Waals surface area contributed by atoms with Crippen molar-refractivity contribution in [2.24, 2.45) is 0 Å². The molecule has 1 N–H and O–H groups in total. The van der Waals surface area contributed by atoms with Gasteiger partial charge in [0.05, 0.1) is 18.3 Å². The van der Waals surface area contributed by atoms with E-state index in [0.717, 1.165) is 18.8 Å². The number of carbonyl (C=O) groups is 1. The molecular formula is C14H18O4S. The van der Waals surface area contributed by atoms with E-state index in [9.17, 15) is 4.79 Å². The summed E-state index contributed by atoms with van der Waals surface area (Å²) in [6, 6.07) is 6.49. The standard InChI is InChI=1S/C14H18O4S/c1-10-13(6-7-17-10)19-9-8-18-12-4-2-11(3-5-12)14(15)16/h2-5,10,13H,6-9H2,1H3,(H,15,16). The van der Waals surface area contributed by atoms with Crippen LogP contribution in [0.25, 0.3) is 0 Å². The van der Waals surface area contributed by atoms with Gasteiger partial charge in [0.25, 0.3) is 0 Å². The Balaban J connectivity index is 1.69. The Kier molecular flexibility index (Phi) is 5.10. The van der Waals surface area contributed by atoms with Crippen molar-refractivity contribution >= 4 is 17.7 Å². The zero-order valence-electron chi connectivity index (χ0n) is 10.9. The molecule has 1 aliphatic rings. The molecule has 0 radical (unpaired) electrons. The highest BCUT2D eigenvalue weighted by molar-refractivity contribution is 8.00. The van der Waals surface area contributed by atoms with E-state index >= 15 is 0 Å². The Morgan fingerprint density at radius 1 is 1.47 bits per heavy atom. The molecule has 0 aromatic heterocycles. The quantitative estimate of drug-likeness (QED) is 0.813. The van der Waals surface area contributed by atoms with Crippen molar-refractivity contribution in [3.63, 3.8) is 0 Å². The van der Waals surface area contributed by atoms with Gasteiger partial charge >= 0.3 is 5.97 Å². The minimum absolute atomic E-state index is 0.277. The fraction of sp³-hybridized carbons (Fsp3) is 0.500. The van der Waals surface area contributed by atoms with Gasteiger partial charge in [0.15, 0.2) is 0 Å². The van der Waals surface area contributed by atoms with Gasteiger partial charge < -0.3 is 14.6 Å². The summed E-state index contributed by atoms with van der Waals surface area (Å²) >= 11 is 1.88. The smallest absolute Gasteiger partial charge is 0.335 e. The van der Waals surface area contributed by atoms with Crippen molar-refractivity contribution in [1.29, 1.82) is 0 Å². The summed E-state index contributed by atoms with van der Waals surface area (Å²) in [5, 5.41) is 9.35. The van der Waals surface area contributed by atoms with Gasteiger partial charge in [-0.2, -0.15) is 11.8 Å². The zero-order chi connectivity index (χ0) is 13.7. The summed E-state index contributed by atoms with van der Waals surface area (Å²) in [6.07, 6.45) is 1.44. The van der Waals surface area contributed by atoms with Gasteiger partial charge in [0.2, 0.25) is 0 Å². The number of ether oxygens (including phenoxy) is 2. The molecule has 104 valence electrons. The molecule has 0 saturated carbocycles. The molecule has 2 unspecified atom stereocenters. The summed E-state index contributed by atoms with van der Waals surface area (Å²) in [4.78, 5) is 10.7. The Labute approximate surface area is 117 Å². The third-order valence-corrected chi connectivity index (χ3v) is 4.54. The third-order valence-electron chi connectivity index (χ3n) is 3.09. The van der Waals surface area contributed by atoms with Crippen LogP contribution in [0.3, 0.4) is 0 Å². The van der Waals surface area contributed by atoms with E-state index in [1.54, 1.807) is 24.3 Å². The van der Waals surface area contributed by atoms with Gasteiger partial charge in [-0.3, -0.25) is 0 Å². The number of hydrogen-bond donors (Lipinski definition) is 1. The first kappa shape index (κ1) is 14.2. The predicted molar refractivity (Wildman–Crippen MR) is 75.2 cm³/mol. The fourth-order valence-electron chi connectivity index (χ4n) is 1.98. The zero-order valence-corrected chi connectivity index (χ0v) is 11.7. The molecule has 1 aromatic rings. The summed E-state index contributed by atoms with van der Waals surface area (Å²) in [5.41, 5.74) is 0.277. The highest BCUT2D eigenvalue weighted by atomic mass is 32.2. The Morgan fingerprint density at radius 2 is 2.21 bits per heavy atom. The number of thioether (sulfide) groups is 1. The van der Waals surface area contributed by atoms with Crippen molar-refractivity contribution in [2.75, 3.05) is 19.0 Å². The van der Waals surface area contributed by atoms with Crippen molar-refractivity contribution < 1.29 is 19.4 Å². The van der Waals surface area contributed by atoms with Gasteiger partial charge in [0, 0.05) is 17.6 Å². The molecule has 0 aliphatic carbocycles. The number of hydrogen-bond acceptors (Lipinski definition) is 4. The normalized spacial score (nSPS) is 22.4. The summed E-state index contributed by atoms with van der Waals surface area (Å²) in [6.45, 7) is 3.59. The molecule has 0 bridgehead atoms. The molecule has 1 heterocycles. The van der Waals surface area contributed by atoms with Gasteiger partial charge in [-0.15, -0.1) is 0 Å². The summed E-state index contributed by atoms with van der Waals surface area (Å²) in [7, 11) is 0. The van der Waals surface area contributed by atoms with E-state index in [1.165, 1.54) is 0 Å². The molecule has 1 saturated heterocycles. The molecule has 4 nitrogen and oxygen atoms in total. The van der Waals surface area contributed by atoms with Crippen molar-refractivity contribution in [3.05, 3.63) is 29.8 Å². The largest absolute Gasteiger partial charge is 0.493 e. The van der Waals surface area contributed by atoms with Crippen LogP contribution in [0.5, 0.6) is 5.75 Å². The van der Waals surface area contributed by atoms with Crippen molar-refractivity contribution in [2.45, 2.75) is 24.7 Å². The Hall–Kier alpha value is -1.20. The molecular weight excluding hydrogens is 264 g/mol. The molecule has 2 rings (SSSR count). The Bertz CT molecular complexity index is 418. The van der Waals surface area contributed by atoms with Crippen LogP contribution < -0.4 is 4.74 Å². The van der Waals surface area contributed by atoms with E-state index in [1.807, 2.05) is 11.8 Å². The molecule has 1 aliphatic heterocycles. The molecule has 2 atom stereocenters. The van der Waals surface area contributed by atoms with Gasteiger partial charge in [-0.25, -0.2) is 4.79 Å². The van der Waals surface area contributed by atoms with Crippen molar-refractivity contribution in [3.8, 4) is 5.75 Å². The van der Waals surface area contributed by atoms with E-state index in [0.29, 0.717) is 23.7 Å². The highest BCUT2D eigenvalue weighted by Gasteiger charge is 2.24. The minimum atomic E-state index is -0.919. The monoisotopic (exact) mass is 282 g/mol. The number of carboxylic acid groups (broad SMARTS) is 1. The van der Waals surface area contributed by atoms with Crippen LogP contribution in [0.2, 0.25) is 0 Å². The average molecular weight is 282 g/mol. The molecule has 0 spiro atoms. The number of rotatable bonds is 6. The Morgan fingerprint density at radius 3 is 2.79 bits per heavy atom. The molecule has 5 heteroatoms. The van der Waals surface area contributed by atoms with Crippen molar-refractivity contribution in [1.82, 2.24) is 0 Å². The summed E-state index contributed by atoms with van der Waals surface area (Å²) in [5.74, 6) is 0.706. The van der Waals surface area contributed by atoms with E-state index in [-0.39, 0.29) is 5.56 Å². The molecule has 0 amide bonds. The number of benzene rings is 1. The molecule has 1 aromatic carbocycles. The second kappa shape index (κ2) is 6.82. The first-order valence-corrected chi connectivity index (χ1v) is 7.41. The number of aromatic carboxylic acids is 1. The lowest BCUT2D eigenvalue weighted by atomic mass is 10.2. The maximum atomic E-state index is 10.7. The van der Waals surface area contributed by atoms with Crippen LogP contribution in [-0.4, -0.2) is 41.4 Å². The van der Waals surface area contributed by atoms with E-state index < -0.39 is 5.97 Å². The topological polar surface area (TPSA) is 55.8 Å². The third kappa shape index (κ3) is 4.14. The van der Waals surface area contributed by atoms with Crippen LogP contribution in [-0.2, 0) is 4.74 Å². The highest BCUT2D eigenvalue weighted by Crippen LogP contribution is 2.26. The van der Waals surface area contributed by atoms with Gasteiger partial charge in [-0.05, 0) is 37.6 Å². The van der Waals surface area contributed by atoms with E-state index in [4.69, 9.17) is 14.6 Å². The lowest BCUT2D eigenvalue weighted by molar-refractivity contribution is 0.0697. The fourth-order valence-corrected chi connectivity index (χ4v) is 3.08. The predicted octanol–water partition coefficient (Wildman–Crippen LogP) is 2.67. The summed E-state index contributed by atoms with van der Waals surface area (Å²) < 4.78 is 11.1. The van der Waals surface area contributed by atoms with Crippen LogP contribution >= 0.6 is 11.8 Å². The lowest BCUT2D eigenvalue weighted by Gasteiger charge is -2.13. The van der Waals surface area contributed by atoms with Crippen LogP contribution in [0.15, 0.2) is 24.3 Å². The SMILES string of the molecule is CC1OCCC1SCCOc1ccc(C(=O)O)cc1. The second-order valence-electron chi connectivity index (χ2n) is 4.45. The first-order valence-electron chi connectivity index (χ1n) is 6.36. The second-order valence-corrected chi connectivity index (χ2v) is 5.80. The average Bonchev–Trinajstić information content (AvgIpc) is 2.81. The lowest BCUT2D eigenvalue weighted by Crippen LogP contribution is -2.15. The van der Waals surface area contributed by atoms with Crippen LogP contribution in [0, 0.1) is 0 Å². The molecule has 19 heavy (non-hydrogen) atoms. The van der Waals surface area contributed by atoms with Crippen LogP contribution in [0.4, 0.5) is 0 Å².